The Balaban J connectivity index is 1.69. The van der Waals surface area contributed by atoms with Crippen molar-refractivity contribution in [2.45, 2.75) is 12.5 Å². The molecule has 0 N–H and O–H groups in total. The van der Waals surface area contributed by atoms with Gasteiger partial charge in [-0.25, -0.2) is 10.3 Å². The van der Waals surface area contributed by atoms with Gasteiger partial charge in [-0.3, -0.25) is 0 Å². The van der Waals surface area contributed by atoms with E-state index in [0.29, 0.717) is 0 Å². The molecule has 1 radical (unpaired) electrons. The van der Waals surface area contributed by atoms with Gasteiger partial charge in [0, 0.05) is 24.6 Å². The van der Waals surface area contributed by atoms with Crippen LogP contribution in [0.1, 0.15) is 22.7 Å². The van der Waals surface area contributed by atoms with E-state index in [-0.39, 0.29) is 6.04 Å². The number of fused-ring (bicyclic) bond motifs is 1. The van der Waals surface area contributed by atoms with Gasteiger partial charge >= 0.3 is 0 Å². The zero-order chi connectivity index (χ0) is 14.1. The molecule has 1 aliphatic heterocycles. The van der Waals surface area contributed by atoms with Gasteiger partial charge in [-0.15, -0.1) is 0 Å². The number of benzene rings is 2. The van der Waals surface area contributed by atoms with E-state index in [9.17, 15) is 0 Å². The van der Waals surface area contributed by atoms with E-state index >= 15 is 0 Å². The predicted octanol–water partition coefficient (Wildman–Crippen LogP) is 3.12. The zero-order valence-corrected chi connectivity index (χ0v) is 11.7. The predicted molar refractivity (Wildman–Crippen MR) is 82.6 cm³/mol. The largest absolute Gasteiger partial charge is 0.306 e. The molecule has 0 bridgehead atoms. The van der Waals surface area contributed by atoms with Crippen LogP contribution in [0.25, 0.3) is 5.69 Å². The smallest absolute Gasteiger partial charge is 0.0991 e. The second-order valence-electron chi connectivity index (χ2n) is 5.32. The molecule has 0 saturated heterocycles. The maximum atomic E-state index is 4.81. The molecule has 103 valence electrons. The fourth-order valence-electron chi connectivity index (χ4n) is 2.97. The Morgan fingerprint density at radius 3 is 2.67 bits per heavy atom. The average Bonchev–Trinajstić information content (AvgIpc) is 3.09. The van der Waals surface area contributed by atoms with Crippen molar-refractivity contribution >= 4 is 0 Å². The summed E-state index contributed by atoms with van der Waals surface area (Å²) in [6.45, 7) is 0.908. The van der Waals surface area contributed by atoms with Gasteiger partial charge in [0.05, 0.1) is 12.4 Å². The molecule has 4 rings (SSSR count). The van der Waals surface area contributed by atoms with Crippen LogP contribution >= 0.6 is 0 Å². The van der Waals surface area contributed by atoms with Crippen molar-refractivity contribution in [2.24, 2.45) is 0 Å². The molecule has 0 saturated carbocycles. The van der Waals surface area contributed by atoms with Gasteiger partial charge in [0.2, 0.25) is 0 Å². The van der Waals surface area contributed by atoms with Crippen LogP contribution in [-0.2, 0) is 6.42 Å². The molecule has 3 aromatic rings. The van der Waals surface area contributed by atoms with Crippen molar-refractivity contribution in [1.82, 2.24) is 14.9 Å². The van der Waals surface area contributed by atoms with Crippen LogP contribution in [-0.4, -0.2) is 16.1 Å². The molecule has 0 fully saturated rings. The van der Waals surface area contributed by atoms with E-state index in [1.807, 2.05) is 17.1 Å². The van der Waals surface area contributed by atoms with Gasteiger partial charge < -0.3 is 4.57 Å². The Hall–Kier alpha value is -2.39. The summed E-state index contributed by atoms with van der Waals surface area (Å²) in [5.74, 6) is 0. The van der Waals surface area contributed by atoms with Gasteiger partial charge in [0.25, 0.3) is 0 Å². The molecular formula is C18H16N3. The van der Waals surface area contributed by atoms with Crippen molar-refractivity contribution < 1.29 is 0 Å². The van der Waals surface area contributed by atoms with Crippen molar-refractivity contribution in [3.8, 4) is 5.69 Å². The molecule has 0 spiro atoms. The van der Waals surface area contributed by atoms with Crippen LogP contribution in [0, 0.1) is 0 Å². The first-order chi connectivity index (χ1) is 10.4. The van der Waals surface area contributed by atoms with Crippen LogP contribution in [0.5, 0.6) is 0 Å². The lowest BCUT2D eigenvalue weighted by molar-refractivity contribution is 0.555. The molecule has 1 aromatic heterocycles. The van der Waals surface area contributed by atoms with Crippen molar-refractivity contribution in [3.63, 3.8) is 0 Å². The minimum Gasteiger partial charge on any atom is -0.306 e. The van der Waals surface area contributed by atoms with Crippen LogP contribution in [0.3, 0.4) is 0 Å². The molecular weight excluding hydrogens is 258 g/mol. The third-order valence-corrected chi connectivity index (χ3v) is 4.05. The second kappa shape index (κ2) is 5.19. The lowest BCUT2D eigenvalue weighted by atomic mass is 9.90. The number of rotatable bonds is 2. The minimum absolute atomic E-state index is 0.173. The summed E-state index contributed by atoms with van der Waals surface area (Å²) in [7, 11) is 0. The second-order valence-corrected chi connectivity index (χ2v) is 5.32. The van der Waals surface area contributed by atoms with Crippen molar-refractivity contribution in [2.75, 3.05) is 6.54 Å². The Kier molecular flexibility index (Phi) is 3.05. The molecule has 3 heteroatoms. The number of hydrogen-bond donors (Lipinski definition) is 0. The van der Waals surface area contributed by atoms with E-state index in [4.69, 9.17) is 5.32 Å². The van der Waals surface area contributed by atoms with Crippen LogP contribution in [0.4, 0.5) is 0 Å². The summed E-state index contributed by atoms with van der Waals surface area (Å²) >= 11 is 0. The molecule has 2 aromatic carbocycles. The van der Waals surface area contributed by atoms with E-state index in [1.54, 1.807) is 6.20 Å². The Morgan fingerprint density at radius 1 is 1.00 bits per heavy atom. The fraction of sp³-hybridized carbons (Fsp3) is 0.167. The topological polar surface area (TPSA) is 31.9 Å². The molecule has 1 unspecified atom stereocenters. The van der Waals surface area contributed by atoms with E-state index < -0.39 is 0 Å². The molecule has 0 amide bonds. The summed E-state index contributed by atoms with van der Waals surface area (Å²) in [5, 5.41) is 4.81. The summed E-state index contributed by atoms with van der Waals surface area (Å²) in [6, 6.07) is 17.4. The number of hydrogen-bond acceptors (Lipinski definition) is 1. The maximum absolute atomic E-state index is 4.81. The summed E-state index contributed by atoms with van der Waals surface area (Å²) < 4.78 is 2.01. The lowest BCUT2D eigenvalue weighted by Crippen LogP contribution is -2.24. The third kappa shape index (κ3) is 2.26. The standard InChI is InChI=1S/C18H16N3/c1-2-4-17-14(3-1)9-10-20-18(17)15-5-7-16(8-6-15)21-12-11-19-13-21/h1-8,11-13,18H,9-10H2. The van der Waals surface area contributed by atoms with E-state index in [0.717, 1.165) is 18.7 Å². The first-order valence-electron chi connectivity index (χ1n) is 7.24. The van der Waals surface area contributed by atoms with E-state index in [2.05, 4.69) is 53.5 Å². The quantitative estimate of drug-likeness (QED) is 0.706. The van der Waals surface area contributed by atoms with Gasteiger partial charge in [0.15, 0.2) is 0 Å². The molecule has 21 heavy (non-hydrogen) atoms. The SMILES string of the molecule is c1ccc2c(c1)CC[N]C2c1ccc(-n2ccnc2)cc1. The molecule has 1 aliphatic rings. The number of imidazole rings is 1. The first kappa shape index (κ1) is 12.4. The number of aromatic nitrogens is 2. The number of nitrogens with zero attached hydrogens (tertiary/aromatic N) is 3. The van der Waals surface area contributed by atoms with Gasteiger partial charge in [0.1, 0.15) is 0 Å². The summed E-state index contributed by atoms with van der Waals surface area (Å²) in [4.78, 5) is 4.09. The Morgan fingerprint density at radius 2 is 1.86 bits per heavy atom. The van der Waals surface area contributed by atoms with Crippen LogP contribution in [0.15, 0.2) is 67.3 Å². The van der Waals surface area contributed by atoms with Crippen molar-refractivity contribution in [3.05, 3.63) is 83.9 Å². The van der Waals surface area contributed by atoms with Gasteiger partial charge in [-0.1, -0.05) is 36.4 Å². The highest BCUT2D eigenvalue weighted by atomic mass is 15.0. The minimum atomic E-state index is 0.173. The van der Waals surface area contributed by atoms with E-state index in [1.165, 1.54) is 16.7 Å². The van der Waals surface area contributed by atoms with Gasteiger partial charge in [-0.05, 0) is 35.2 Å². The lowest BCUT2D eigenvalue weighted by Gasteiger charge is -2.25. The highest BCUT2D eigenvalue weighted by molar-refractivity contribution is 5.42. The first-order valence-corrected chi connectivity index (χ1v) is 7.24. The van der Waals surface area contributed by atoms with Crippen LogP contribution in [0.2, 0.25) is 0 Å². The molecule has 3 nitrogen and oxygen atoms in total. The third-order valence-electron chi connectivity index (χ3n) is 4.05. The summed E-state index contributed by atoms with van der Waals surface area (Å²) in [6.07, 6.45) is 6.62. The molecule has 2 heterocycles. The highest BCUT2D eigenvalue weighted by Crippen LogP contribution is 2.30. The van der Waals surface area contributed by atoms with Crippen LogP contribution < -0.4 is 5.32 Å². The zero-order valence-electron chi connectivity index (χ0n) is 11.7. The highest BCUT2D eigenvalue weighted by Gasteiger charge is 2.21. The van der Waals surface area contributed by atoms with Gasteiger partial charge in [-0.2, -0.15) is 0 Å². The Bertz CT molecular complexity index is 729. The fourth-order valence-corrected chi connectivity index (χ4v) is 2.97. The summed E-state index contributed by atoms with van der Waals surface area (Å²) in [5.41, 5.74) is 5.15. The average molecular weight is 274 g/mol. The van der Waals surface area contributed by atoms with Crippen molar-refractivity contribution in [1.29, 1.82) is 0 Å². The maximum Gasteiger partial charge on any atom is 0.0991 e. The normalized spacial score (nSPS) is 17.4. The monoisotopic (exact) mass is 274 g/mol. The Labute approximate surface area is 124 Å². The molecule has 1 atom stereocenters. The molecule has 0 aliphatic carbocycles.